The van der Waals surface area contributed by atoms with Crippen LogP contribution in [0.1, 0.15) is 46.0 Å². The fourth-order valence-electron chi connectivity index (χ4n) is 3.02. The van der Waals surface area contributed by atoms with E-state index in [1.165, 1.54) is 7.11 Å². The van der Waals surface area contributed by atoms with Gasteiger partial charge < -0.3 is 15.2 Å². The second-order valence-corrected chi connectivity index (χ2v) is 5.27. The maximum Gasteiger partial charge on any atom is 0.311 e. The predicted octanol–water partition coefficient (Wildman–Crippen LogP) is 1.72. The Balaban J connectivity index is 2.88. The van der Waals surface area contributed by atoms with Gasteiger partial charge in [0.25, 0.3) is 0 Å². The third-order valence-corrected chi connectivity index (χ3v) is 4.23. The molecule has 0 aromatic carbocycles. The average Bonchev–Trinajstić information content (AvgIpc) is 2.39. The summed E-state index contributed by atoms with van der Waals surface area (Å²) in [5.41, 5.74) is -0.901. The molecule has 4 heteroatoms. The van der Waals surface area contributed by atoms with Gasteiger partial charge in [-0.1, -0.05) is 26.7 Å². The van der Waals surface area contributed by atoms with E-state index in [0.717, 1.165) is 38.8 Å². The number of hydrogen-bond donors (Lipinski definition) is 2. The van der Waals surface area contributed by atoms with Gasteiger partial charge in [-0.2, -0.15) is 0 Å². The van der Waals surface area contributed by atoms with Crippen molar-refractivity contribution in [3.63, 3.8) is 0 Å². The highest BCUT2D eigenvalue weighted by molar-refractivity contribution is 5.73. The molecular weight excluding hydrogens is 230 g/mol. The standard InChI is InChI=1S/C14H27NO3/c1-4-6-7-12(13(16)18-3)14(17)8-9-15-10-11(14)5-2/h11-12,15,17H,4-10H2,1-3H3. The van der Waals surface area contributed by atoms with Gasteiger partial charge in [0.1, 0.15) is 0 Å². The maximum atomic E-state index is 12.0. The van der Waals surface area contributed by atoms with Gasteiger partial charge in [-0.05, 0) is 25.8 Å². The number of carbonyl (C=O) groups excluding carboxylic acids is 1. The van der Waals surface area contributed by atoms with Crippen molar-refractivity contribution in [3.05, 3.63) is 0 Å². The van der Waals surface area contributed by atoms with E-state index in [1.807, 2.05) is 0 Å². The molecule has 0 saturated carbocycles. The lowest BCUT2D eigenvalue weighted by molar-refractivity contribution is -0.165. The molecule has 0 aromatic heterocycles. The summed E-state index contributed by atoms with van der Waals surface area (Å²) >= 11 is 0. The molecule has 0 radical (unpaired) electrons. The van der Waals surface area contributed by atoms with Gasteiger partial charge in [-0.3, -0.25) is 4.79 Å². The maximum absolute atomic E-state index is 12.0. The lowest BCUT2D eigenvalue weighted by Crippen LogP contribution is -2.56. The summed E-state index contributed by atoms with van der Waals surface area (Å²) in [4.78, 5) is 12.0. The Morgan fingerprint density at radius 2 is 2.28 bits per heavy atom. The van der Waals surface area contributed by atoms with Crippen LogP contribution in [0.15, 0.2) is 0 Å². The van der Waals surface area contributed by atoms with Gasteiger partial charge in [0.15, 0.2) is 0 Å². The van der Waals surface area contributed by atoms with Crippen LogP contribution in [0.3, 0.4) is 0 Å². The highest BCUT2D eigenvalue weighted by Crippen LogP contribution is 2.37. The zero-order valence-electron chi connectivity index (χ0n) is 11.9. The summed E-state index contributed by atoms with van der Waals surface area (Å²) in [5.74, 6) is -0.506. The van der Waals surface area contributed by atoms with E-state index in [0.29, 0.717) is 6.42 Å². The Morgan fingerprint density at radius 1 is 1.56 bits per heavy atom. The molecule has 2 N–H and O–H groups in total. The summed E-state index contributed by atoms with van der Waals surface area (Å²) in [6, 6.07) is 0. The van der Waals surface area contributed by atoms with E-state index in [1.54, 1.807) is 0 Å². The molecule has 0 spiro atoms. The van der Waals surface area contributed by atoms with Crippen LogP contribution in [-0.2, 0) is 9.53 Å². The van der Waals surface area contributed by atoms with Crippen LogP contribution in [-0.4, -0.2) is 36.9 Å². The van der Waals surface area contributed by atoms with Crippen molar-refractivity contribution < 1.29 is 14.6 Å². The first-order chi connectivity index (χ1) is 8.60. The van der Waals surface area contributed by atoms with E-state index in [4.69, 9.17) is 4.74 Å². The molecule has 3 atom stereocenters. The number of nitrogens with one attached hydrogen (secondary N) is 1. The van der Waals surface area contributed by atoms with E-state index in [-0.39, 0.29) is 17.8 Å². The predicted molar refractivity (Wildman–Crippen MR) is 71.2 cm³/mol. The van der Waals surface area contributed by atoms with Gasteiger partial charge in [0.05, 0.1) is 18.6 Å². The summed E-state index contributed by atoms with van der Waals surface area (Å²) < 4.78 is 4.90. The van der Waals surface area contributed by atoms with Crippen LogP contribution in [0, 0.1) is 11.8 Å². The number of rotatable bonds is 6. The van der Waals surface area contributed by atoms with Crippen LogP contribution < -0.4 is 5.32 Å². The average molecular weight is 257 g/mol. The molecule has 3 unspecified atom stereocenters. The van der Waals surface area contributed by atoms with E-state index in [9.17, 15) is 9.90 Å². The zero-order chi connectivity index (χ0) is 13.6. The third-order valence-electron chi connectivity index (χ3n) is 4.23. The molecule has 0 amide bonds. The second kappa shape index (κ2) is 7.10. The van der Waals surface area contributed by atoms with Crippen molar-refractivity contribution in [2.75, 3.05) is 20.2 Å². The SMILES string of the molecule is CCCCC(C(=O)OC)C1(O)CCNCC1CC. The zero-order valence-corrected chi connectivity index (χ0v) is 11.9. The number of methoxy groups -OCH3 is 1. The quantitative estimate of drug-likeness (QED) is 0.711. The van der Waals surface area contributed by atoms with Crippen molar-refractivity contribution in [2.45, 2.75) is 51.6 Å². The number of aliphatic hydroxyl groups is 1. The number of ether oxygens (including phenoxy) is 1. The van der Waals surface area contributed by atoms with Crippen LogP contribution in [0.5, 0.6) is 0 Å². The molecule has 106 valence electrons. The molecule has 1 rings (SSSR count). The number of unbranched alkanes of at least 4 members (excludes halogenated alkanes) is 1. The Labute approximate surface area is 110 Å². The normalized spacial score (nSPS) is 29.9. The monoisotopic (exact) mass is 257 g/mol. The molecule has 1 saturated heterocycles. The van der Waals surface area contributed by atoms with Gasteiger partial charge in [-0.15, -0.1) is 0 Å². The molecule has 0 bridgehead atoms. The first kappa shape index (κ1) is 15.4. The smallest absolute Gasteiger partial charge is 0.311 e. The lowest BCUT2D eigenvalue weighted by atomic mass is 9.70. The molecule has 1 aliphatic rings. The first-order valence-corrected chi connectivity index (χ1v) is 7.11. The Morgan fingerprint density at radius 3 is 2.83 bits per heavy atom. The number of esters is 1. The summed E-state index contributed by atoms with van der Waals surface area (Å²) in [6.45, 7) is 5.72. The molecule has 1 fully saturated rings. The molecular formula is C14H27NO3. The number of piperidine rings is 1. The number of carbonyl (C=O) groups is 1. The number of hydrogen-bond acceptors (Lipinski definition) is 4. The van der Waals surface area contributed by atoms with Gasteiger partial charge >= 0.3 is 5.97 Å². The minimum atomic E-state index is -0.901. The van der Waals surface area contributed by atoms with Gasteiger partial charge in [0.2, 0.25) is 0 Å². The summed E-state index contributed by atoms with van der Waals surface area (Å²) in [5, 5.41) is 14.3. The Kier molecular flexibility index (Phi) is 6.09. The second-order valence-electron chi connectivity index (χ2n) is 5.27. The van der Waals surface area contributed by atoms with Crippen molar-refractivity contribution in [1.82, 2.24) is 5.32 Å². The molecule has 0 aromatic rings. The molecule has 0 aliphatic carbocycles. The van der Waals surface area contributed by atoms with Crippen molar-refractivity contribution in [2.24, 2.45) is 11.8 Å². The fraction of sp³-hybridized carbons (Fsp3) is 0.929. The Bertz CT molecular complexity index is 270. The first-order valence-electron chi connectivity index (χ1n) is 7.11. The van der Waals surface area contributed by atoms with Gasteiger partial charge in [0, 0.05) is 12.5 Å². The minimum absolute atomic E-state index is 0.132. The molecule has 1 aliphatic heterocycles. The highest BCUT2D eigenvalue weighted by atomic mass is 16.5. The molecule has 4 nitrogen and oxygen atoms in total. The largest absolute Gasteiger partial charge is 0.469 e. The summed E-state index contributed by atoms with van der Waals surface area (Å²) in [6.07, 6.45) is 4.21. The fourth-order valence-corrected chi connectivity index (χ4v) is 3.02. The molecule has 1 heterocycles. The van der Waals surface area contributed by atoms with Crippen LogP contribution >= 0.6 is 0 Å². The van der Waals surface area contributed by atoms with E-state index in [2.05, 4.69) is 19.2 Å². The lowest BCUT2D eigenvalue weighted by Gasteiger charge is -2.44. The highest BCUT2D eigenvalue weighted by Gasteiger charge is 2.47. The van der Waals surface area contributed by atoms with E-state index < -0.39 is 5.60 Å². The van der Waals surface area contributed by atoms with E-state index >= 15 is 0 Å². The third kappa shape index (κ3) is 3.23. The van der Waals surface area contributed by atoms with Crippen LogP contribution in [0.4, 0.5) is 0 Å². The van der Waals surface area contributed by atoms with Crippen molar-refractivity contribution in [1.29, 1.82) is 0 Å². The minimum Gasteiger partial charge on any atom is -0.469 e. The van der Waals surface area contributed by atoms with Crippen LogP contribution in [0.25, 0.3) is 0 Å². The van der Waals surface area contributed by atoms with Gasteiger partial charge in [-0.25, -0.2) is 0 Å². The van der Waals surface area contributed by atoms with Crippen molar-refractivity contribution >= 4 is 5.97 Å². The summed E-state index contributed by atoms with van der Waals surface area (Å²) in [7, 11) is 1.41. The molecule has 18 heavy (non-hydrogen) atoms. The topological polar surface area (TPSA) is 58.6 Å². The van der Waals surface area contributed by atoms with Crippen LogP contribution in [0.2, 0.25) is 0 Å². The Hall–Kier alpha value is -0.610. The van der Waals surface area contributed by atoms with Crippen molar-refractivity contribution in [3.8, 4) is 0 Å².